The van der Waals surface area contributed by atoms with Crippen molar-refractivity contribution in [2.24, 2.45) is 23.7 Å². The van der Waals surface area contributed by atoms with E-state index >= 15 is 0 Å². The Bertz CT molecular complexity index is 256. The monoisotopic (exact) mass is 177 g/mol. The molecule has 3 rings (SSSR count). The number of hydrogen-bond acceptors (Lipinski definition) is 1. The van der Waals surface area contributed by atoms with Gasteiger partial charge < -0.3 is 5.32 Å². The fourth-order valence-corrected chi connectivity index (χ4v) is 4.00. The van der Waals surface area contributed by atoms with E-state index in [1.165, 1.54) is 19.3 Å². The first kappa shape index (κ1) is 8.05. The smallest absolute Gasteiger partial charge is 0.0130 e. The van der Waals surface area contributed by atoms with E-state index in [2.05, 4.69) is 25.4 Å². The van der Waals surface area contributed by atoms with E-state index in [0.717, 1.165) is 29.7 Å². The van der Waals surface area contributed by atoms with Crippen molar-refractivity contribution in [1.82, 2.24) is 5.32 Å². The van der Waals surface area contributed by atoms with Crippen LogP contribution in [-0.2, 0) is 0 Å². The second kappa shape index (κ2) is 2.60. The highest BCUT2D eigenvalue weighted by Crippen LogP contribution is 2.56. The highest BCUT2D eigenvalue weighted by atomic mass is 14.9. The molecule has 0 saturated heterocycles. The zero-order chi connectivity index (χ0) is 9.00. The molecule has 0 spiro atoms. The van der Waals surface area contributed by atoms with Gasteiger partial charge >= 0.3 is 0 Å². The van der Waals surface area contributed by atoms with Gasteiger partial charge in [-0.2, -0.15) is 0 Å². The standard InChI is InChI=1S/C12H19N/c1-7-3-8-5-11-10(8)6-9(4-7)12(11)13-2/h3,7,9-13H,4-6H2,1-2H3. The Hall–Kier alpha value is -0.300. The highest BCUT2D eigenvalue weighted by molar-refractivity contribution is 5.27. The predicted octanol–water partition coefficient (Wildman–Crippen LogP) is 2.20. The van der Waals surface area contributed by atoms with E-state index in [9.17, 15) is 0 Å². The lowest BCUT2D eigenvalue weighted by Gasteiger charge is -2.39. The first-order valence-corrected chi connectivity index (χ1v) is 5.67. The van der Waals surface area contributed by atoms with Gasteiger partial charge in [0.15, 0.2) is 0 Å². The van der Waals surface area contributed by atoms with Gasteiger partial charge in [-0.15, -0.1) is 0 Å². The van der Waals surface area contributed by atoms with Crippen molar-refractivity contribution in [1.29, 1.82) is 0 Å². The molecule has 0 aromatic rings. The van der Waals surface area contributed by atoms with Crippen LogP contribution in [0.25, 0.3) is 0 Å². The van der Waals surface area contributed by atoms with Crippen LogP contribution in [0.3, 0.4) is 0 Å². The van der Waals surface area contributed by atoms with Crippen molar-refractivity contribution in [3.63, 3.8) is 0 Å². The molecule has 3 aliphatic rings. The van der Waals surface area contributed by atoms with Crippen LogP contribution in [0.2, 0.25) is 0 Å². The second-order valence-corrected chi connectivity index (χ2v) is 5.24. The quantitative estimate of drug-likeness (QED) is 0.605. The van der Waals surface area contributed by atoms with Gasteiger partial charge in [0.2, 0.25) is 0 Å². The normalized spacial score (nSPS) is 52.5. The van der Waals surface area contributed by atoms with Gasteiger partial charge in [0.25, 0.3) is 0 Å². The molecule has 0 radical (unpaired) electrons. The molecule has 0 aliphatic heterocycles. The molecule has 2 fully saturated rings. The van der Waals surface area contributed by atoms with E-state index in [4.69, 9.17) is 0 Å². The third kappa shape index (κ3) is 0.969. The van der Waals surface area contributed by atoms with Gasteiger partial charge in [0.05, 0.1) is 0 Å². The van der Waals surface area contributed by atoms with E-state index in [1.54, 1.807) is 5.57 Å². The molecule has 2 saturated carbocycles. The summed E-state index contributed by atoms with van der Waals surface area (Å²) < 4.78 is 0. The van der Waals surface area contributed by atoms with Crippen LogP contribution < -0.4 is 5.32 Å². The average molecular weight is 177 g/mol. The SMILES string of the molecule is CNC1C2CC(C)C=C3CC1C3C2. The Kier molecular flexibility index (Phi) is 1.61. The van der Waals surface area contributed by atoms with Crippen LogP contribution in [0.5, 0.6) is 0 Å². The highest BCUT2D eigenvalue weighted by Gasteiger charge is 2.51. The molecule has 0 amide bonds. The minimum Gasteiger partial charge on any atom is -0.316 e. The fraction of sp³-hybridized carbons (Fsp3) is 0.833. The molecular formula is C12H19N. The molecule has 5 atom stereocenters. The number of hydrogen-bond donors (Lipinski definition) is 1. The van der Waals surface area contributed by atoms with Crippen molar-refractivity contribution < 1.29 is 0 Å². The molecule has 1 N–H and O–H groups in total. The van der Waals surface area contributed by atoms with Crippen molar-refractivity contribution in [2.45, 2.75) is 32.2 Å². The molecule has 0 aromatic heterocycles. The molecule has 1 nitrogen and oxygen atoms in total. The molecule has 13 heavy (non-hydrogen) atoms. The number of allylic oxidation sites excluding steroid dienone is 2. The van der Waals surface area contributed by atoms with Gasteiger partial charge in [-0.3, -0.25) is 0 Å². The second-order valence-electron chi connectivity index (χ2n) is 5.24. The van der Waals surface area contributed by atoms with E-state index < -0.39 is 0 Å². The number of fused-ring (bicyclic) bond motifs is 1. The maximum atomic E-state index is 3.54. The predicted molar refractivity (Wildman–Crippen MR) is 54.4 cm³/mol. The van der Waals surface area contributed by atoms with Crippen LogP contribution in [0.4, 0.5) is 0 Å². The summed E-state index contributed by atoms with van der Waals surface area (Å²) in [5, 5.41) is 3.54. The number of rotatable bonds is 1. The maximum absolute atomic E-state index is 3.54. The Morgan fingerprint density at radius 2 is 2.23 bits per heavy atom. The van der Waals surface area contributed by atoms with Crippen molar-refractivity contribution >= 4 is 0 Å². The van der Waals surface area contributed by atoms with Crippen LogP contribution in [0, 0.1) is 23.7 Å². The summed E-state index contributed by atoms with van der Waals surface area (Å²) in [6, 6.07) is 0.838. The molecule has 5 unspecified atom stereocenters. The Morgan fingerprint density at radius 3 is 3.00 bits per heavy atom. The van der Waals surface area contributed by atoms with Gasteiger partial charge in [0, 0.05) is 6.04 Å². The van der Waals surface area contributed by atoms with Gasteiger partial charge in [-0.1, -0.05) is 18.6 Å². The van der Waals surface area contributed by atoms with E-state index in [0.29, 0.717) is 0 Å². The lowest BCUT2D eigenvalue weighted by atomic mass is 9.68. The lowest BCUT2D eigenvalue weighted by Crippen LogP contribution is -2.41. The van der Waals surface area contributed by atoms with Crippen LogP contribution >= 0.6 is 0 Å². The topological polar surface area (TPSA) is 12.0 Å². The summed E-state index contributed by atoms with van der Waals surface area (Å²) in [4.78, 5) is 0. The first-order chi connectivity index (χ1) is 6.29. The molecule has 2 bridgehead atoms. The molecule has 0 aromatic carbocycles. The summed E-state index contributed by atoms with van der Waals surface area (Å²) in [5.41, 5.74) is 1.79. The zero-order valence-corrected chi connectivity index (χ0v) is 8.59. The van der Waals surface area contributed by atoms with Gasteiger partial charge in [-0.05, 0) is 50.0 Å². The van der Waals surface area contributed by atoms with Crippen LogP contribution in [0.1, 0.15) is 26.2 Å². The number of nitrogens with one attached hydrogen (secondary N) is 1. The zero-order valence-electron chi connectivity index (χ0n) is 8.59. The average Bonchev–Trinajstić information content (AvgIpc) is 2.26. The van der Waals surface area contributed by atoms with Crippen molar-refractivity contribution in [2.75, 3.05) is 7.05 Å². The summed E-state index contributed by atoms with van der Waals surface area (Å²) in [6.07, 6.45) is 6.86. The van der Waals surface area contributed by atoms with Gasteiger partial charge in [-0.25, -0.2) is 0 Å². The minimum absolute atomic E-state index is 0.835. The summed E-state index contributed by atoms with van der Waals surface area (Å²) >= 11 is 0. The van der Waals surface area contributed by atoms with E-state index in [-0.39, 0.29) is 0 Å². The van der Waals surface area contributed by atoms with Crippen molar-refractivity contribution in [3.8, 4) is 0 Å². The molecule has 1 heteroatoms. The van der Waals surface area contributed by atoms with Crippen LogP contribution in [0.15, 0.2) is 11.6 Å². The molecule has 72 valence electrons. The van der Waals surface area contributed by atoms with E-state index in [1.807, 2.05) is 0 Å². The Morgan fingerprint density at radius 1 is 1.38 bits per heavy atom. The molecule has 3 aliphatic carbocycles. The summed E-state index contributed by atoms with van der Waals surface area (Å²) in [5.74, 6) is 3.77. The Balaban J connectivity index is 1.93. The molecule has 0 heterocycles. The Labute approximate surface area is 80.6 Å². The lowest BCUT2D eigenvalue weighted by molar-refractivity contribution is 0.251. The first-order valence-electron chi connectivity index (χ1n) is 5.67. The minimum atomic E-state index is 0.835. The fourth-order valence-electron chi connectivity index (χ4n) is 4.00. The maximum Gasteiger partial charge on any atom is 0.0130 e. The largest absolute Gasteiger partial charge is 0.316 e. The van der Waals surface area contributed by atoms with Gasteiger partial charge in [0.1, 0.15) is 0 Å². The third-order valence-corrected chi connectivity index (χ3v) is 4.50. The van der Waals surface area contributed by atoms with Crippen molar-refractivity contribution in [3.05, 3.63) is 11.6 Å². The third-order valence-electron chi connectivity index (χ3n) is 4.50. The summed E-state index contributed by atoms with van der Waals surface area (Å²) in [7, 11) is 2.15. The molecular weight excluding hydrogens is 158 g/mol. The van der Waals surface area contributed by atoms with Crippen LogP contribution in [-0.4, -0.2) is 13.1 Å². The summed E-state index contributed by atoms with van der Waals surface area (Å²) in [6.45, 7) is 2.38.